The summed E-state index contributed by atoms with van der Waals surface area (Å²) in [6.45, 7) is 9.02. The van der Waals surface area contributed by atoms with E-state index in [-0.39, 0.29) is 0 Å². The van der Waals surface area contributed by atoms with Crippen LogP contribution >= 0.6 is 0 Å². The molecule has 2 saturated heterocycles. The molecule has 1 N–H and O–H groups in total. The quantitative estimate of drug-likeness (QED) is 0.766. The second kappa shape index (κ2) is 7.05. The van der Waals surface area contributed by atoms with Gasteiger partial charge in [-0.05, 0) is 44.7 Å². The van der Waals surface area contributed by atoms with E-state index < -0.39 is 0 Å². The van der Waals surface area contributed by atoms with Gasteiger partial charge >= 0.3 is 0 Å². The van der Waals surface area contributed by atoms with Gasteiger partial charge in [0, 0.05) is 38.8 Å². The van der Waals surface area contributed by atoms with Gasteiger partial charge in [-0.3, -0.25) is 9.80 Å². The zero-order valence-electron chi connectivity index (χ0n) is 12.4. The molecule has 0 aromatic heterocycles. The van der Waals surface area contributed by atoms with Gasteiger partial charge in [0.05, 0.1) is 0 Å². The molecule has 1 aliphatic carbocycles. The predicted molar refractivity (Wildman–Crippen MR) is 80.5 cm³/mol. The third kappa shape index (κ3) is 3.93. The lowest BCUT2D eigenvalue weighted by molar-refractivity contribution is 0.105. The molecule has 2 heterocycles. The van der Waals surface area contributed by atoms with E-state index in [9.17, 15) is 0 Å². The summed E-state index contributed by atoms with van der Waals surface area (Å²) in [6, 6.07) is 0.882. The maximum Gasteiger partial charge on any atom is 0.0224 e. The van der Waals surface area contributed by atoms with Gasteiger partial charge in [0.25, 0.3) is 0 Å². The zero-order chi connectivity index (χ0) is 12.9. The Labute approximate surface area is 118 Å². The molecule has 0 aromatic carbocycles. The standard InChI is InChI=1S/C16H31N3/c1-2-5-15(6-3-1)13-17-8-10-18-11-12-19-9-4-7-16(19)14-18/h15-17H,1-14H2. The number of hydrogen-bond acceptors (Lipinski definition) is 3. The van der Waals surface area contributed by atoms with Crippen molar-refractivity contribution in [2.45, 2.75) is 51.0 Å². The summed E-state index contributed by atoms with van der Waals surface area (Å²) in [4.78, 5) is 5.38. The Morgan fingerprint density at radius 2 is 1.79 bits per heavy atom. The van der Waals surface area contributed by atoms with E-state index >= 15 is 0 Å². The molecule has 3 rings (SSSR count). The van der Waals surface area contributed by atoms with Crippen LogP contribution < -0.4 is 5.32 Å². The highest BCUT2D eigenvalue weighted by Crippen LogP contribution is 2.23. The molecular formula is C16H31N3. The van der Waals surface area contributed by atoms with Crippen LogP contribution in [-0.4, -0.2) is 61.7 Å². The number of hydrogen-bond donors (Lipinski definition) is 1. The normalized spacial score (nSPS) is 30.6. The van der Waals surface area contributed by atoms with E-state index in [0.29, 0.717) is 0 Å². The van der Waals surface area contributed by atoms with Crippen LogP contribution in [0.4, 0.5) is 0 Å². The minimum absolute atomic E-state index is 0.882. The second-order valence-corrected chi connectivity index (χ2v) is 6.84. The van der Waals surface area contributed by atoms with Gasteiger partial charge in [-0.25, -0.2) is 0 Å². The average molecular weight is 265 g/mol. The molecule has 3 aliphatic rings. The lowest BCUT2D eigenvalue weighted by Gasteiger charge is -2.37. The molecule has 0 amide bonds. The first-order valence-electron chi connectivity index (χ1n) is 8.59. The van der Waals surface area contributed by atoms with Gasteiger partial charge < -0.3 is 5.32 Å². The summed E-state index contributed by atoms with van der Waals surface area (Å²) in [5.74, 6) is 0.973. The summed E-state index contributed by atoms with van der Waals surface area (Å²) < 4.78 is 0. The Balaban J connectivity index is 1.27. The molecule has 3 heteroatoms. The second-order valence-electron chi connectivity index (χ2n) is 6.84. The number of nitrogens with zero attached hydrogens (tertiary/aromatic N) is 2. The van der Waals surface area contributed by atoms with Crippen LogP contribution in [0.3, 0.4) is 0 Å². The first-order valence-corrected chi connectivity index (χ1v) is 8.59. The monoisotopic (exact) mass is 265 g/mol. The third-order valence-electron chi connectivity index (χ3n) is 5.43. The SMILES string of the molecule is C1CCC(CNCCN2CCN3CCCC3C2)CC1. The van der Waals surface area contributed by atoms with Crippen molar-refractivity contribution in [2.75, 3.05) is 45.8 Å². The van der Waals surface area contributed by atoms with Gasteiger partial charge in [-0.1, -0.05) is 19.3 Å². The molecule has 0 spiro atoms. The Morgan fingerprint density at radius 3 is 2.68 bits per heavy atom. The van der Waals surface area contributed by atoms with E-state index in [1.54, 1.807) is 0 Å². The van der Waals surface area contributed by atoms with Crippen molar-refractivity contribution in [1.82, 2.24) is 15.1 Å². The molecular weight excluding hydrogens is 234 g/mol. The topological polar surface area (TPSA) is 18.5 Å². The fourth-order valence-electron chi connectivity index (χ4n) is 4.19. The van der Waals surface area contributed by atoms with Crippen LogP contribution in [0.15, 0.2) is 0 Å². The lowest BCUT2D eigenvalue weighted by Crippen LogP contribution is -2.51. The number of nitrogens with one attached hydrogen (secondary N) is 1. The molecule has 19 heavy (non-hydrogen) atoms. The molecule has 0 bridgehead atoms. The van der Waals surface area contributed by atoms with E-state index in [1.807, 2.05) is 0 Å². The van der Waals surface area contributed by atoms with Crippen molar-refractivity contribution in [3.63, 3.8) is 0 Å². The molecule has 2 aliphatic heterocycles. The Hall–Kier alpha value is -0.120. The Morgan fingerprint density at radius 1 is 0.895 bits per heavy atom. The van der Waals surface area contributed by atoms with Crippen LogP contribution in [0.25, 0.3) is 0 Å². The third-order valence-corrected chi connectivity index (χ3v) is 5.43. The van der Waals surface area contributed by atoms with E-state index in [4.69, 9.17) is 0 Å². The smallest absolute Gasteiger partial charge is 0.0224 e. The minimum Gasteiger partial charge on any atom is -0.315 e. The molecule has 0 radical (unpaired) electrons. The van der Waals surface area contributed by atoms with Gasteiger partial charge in [0.15, 0.2) is 0 Å². The summed E-state index contributed by atoms with van der Waals surface area (Å²) in [5, 5.41) is 3.71. The number of piperazine rings is 1. The van der Waals surface area contributed by atoms with Crippen LogP contribution in [0.1, 0.15) is 44.9 Å². The molecule has 0 aromatic rings. The maximum atomic E-state index is 3.71. The van der Waals surface area contributed by atoms with Crippen molar-refractivity contribution in [3.8, 4) is 0 Å². The summed E-state index contributed by atoms with van der Waals surface area (Å²) in [6.07, 6.45) is 10.2. The predicted octanol–water partition coefficient (Wildman–Crippen LogP) is 1.94. The van der Waals surface area contributed by atoms with Crippen molar-refractivity contribution >= 4 is 0 Å². The lowest BCUT2D eigenvalue weighted by atomic mass is 9.89. The fourth-order valence-corrected chi connectivity index (χ4v) is 4.19. The van der Waals surface area contributed by atoms with Crippen LogP contribution in [0.5, 0.6) is 0 Å². The number of fused-ring (bicyclic) bond motifs is 1. The van der Waals surface area contributed by atoms with Gasteiger partial charge in [0.2, 0.25) is 0 Å². The Kier molecular flexibility index (Phi) is 5.14. The largest absolute Gasteiger partial charge is 0.315 e. The maximum absolute atomic E-state index is 3.71. The highest BCUT2D eigenvalue weighted by Gasteiger charge is 2.29. The first kappa shape index (κ1) is 13.8. The summed E-state index contributed by atoms with van der Waals surface area (Å²) in [7, 11) is 0. The molecule has 3 nitrogen and oxygen atoms in total. The van der Waals surface area contributed by atoms with Crippen molar-refractivity contribution in [3.05, 3.63) is 0 Å². The Bertz CT molecular complexity index is 263. The van der Waals surface area contributed by atoms with Crippen molar-refractivity contribution < 1.29 is 0 Å². The average Bonchev–Trinajstić information content (AvgIpc) is 2.92. The highest BCUT2D eigenvalue weighted by atomic mass is 15.3. The fraction of sp³-hybridized carbons (Fsp3) is 1.00. The van der Waals surface area contributed by atoms with Crippen molar-refractivity contribution in [1.29, 1.82) is 0 Å². The van der Waals surface area contributed by atoms with Crippen LogP contribution in [0.2, 0.25) is 0 Å². The zero-order valence-corrected chi connectivity index (χ0v) is 12.4. The molecule has 1 saturated carbocycles. The minimum atomic E-state index is 0.882. The van der Waals surface area contributed by atoms with E-state index in [2.05, 4.69) is 15.1 Å². The van der Waals surface area contributed by atoms with E-state index in [0.717, 1.165) is 12.0 Å². The molecule has 110 valence electrons. The van der Waals surface area contributed by atoms with Gasteiger partial charge in [0.1, 0.15) is 0 Å². The van der Waals surface area contributed by atoms with Crippen LogP contribution in [-0.2, 0) is 0 Å². The molecule has 1 unspecified atom stereocenters. The van der Waals surface area contributed by atoms with Crippen LogP contribution in [0, 0.1) is 5.92 Å². The summed E-state index contributed by atoms with van der Waals surface area (Å²) >= 11 is 0. The van der Waals surface area contributed by atoms with Gasteiger partial charge in [-0.2, -0.15) is 0 Å². The molecule has 1 atom stereocenters. The van der Waals surface area contributed by atoms with E-state index in [1.165, 1.54) is 90.8 Å². The first-order chi connectivity index (χ1) is 9.42. The van der Waals surface area contributed by atoms with Crippen molar-refractivity contribution in [2.24, 2.45) is 5.92 Å². The van der Waals surface area contributed by atoms with Gasteiger partial charge in [-0.15, -0.1) is 0 Å². The number of rotatable bonds is 5. The summed E-state index contributed by atoms with van der Waals surface area (Å²) in [5.41, 5.74) is 0. The highest BCUT2D eigenvalue weighted by molar-refractivity contribution is 4.86. The molecule has 3 fully saturated rings.